The van der Waals surface area contributed by atoms with Crippen LogP contribution in [0.4, 0.5) is 5.69 Å². The highest BCUT2D eigenvalue weighted by atomic mass is 79.9. The smallest absolute Gasteiger partial charge is 0.257 e. The van der Waals surface area contributed by atoms with E-state index in [1.54, 1.807) is 11.2 Å². The highest BCUT2D eigenvalue weighted by molar-refractivity contribution is 9.10. The molecule has 2 rings (SSSR count). The van der Waals surface area contributed by atoms with Gasteiger partial charge in [-0.1, -0.05) is 26.0 Å². The van der Waals surface area contributed by atoms with E-state index in [2.05, 4.69) is 20.9 Å². The molecule has 1 aromatic rings. The largest absolute Gasteiger partial charge is 0.272 e. The van der Waals surface area contributed by atoms with Crippen LogP contribution in [0.2, 0.25) is 0 Å². The number of hydrogen-bond acceptors (Lipinski definition) is 2. The molecule has 0 fully saturated rings. The Morgan fingerprint density at radius 1 is 1.38 bits per heavy atom. The van der Waals surface area contributed by atoms with Crippen LogP contribution in [0.15, 0.2) is 33.7 Å². The lowest BCUT2D eigenvalue weighted by molar-refractivity contribution is -0.118. The molecule has 0 spiro atoms. The molecule has 0 saturated carbocycles. The van der Waals surface area contributed by atoms with Gasteiger partial charge in [0.15, 0.2) is 0 Å². The predicted molar refractivity (Wildman–Crippen MR) is 68.7 cm³/mol. The second kappa shape index (κ2) is 4.37. The maximum Gasteiger partial charge on any atom is 0.257 e. The number of anilines is 1. The summed E-state index contributed by atoms with van der Waals surface area (Å²) in [5.41, 5.74) is 0.847. The van der Waals surface area contributed by atoms with Gasteiger partial charge >= 0.3 is 0 Å². The first-order valence-electron chi connectivity index (χ1n) is 5.22. The number of carbonyl (C=O) groups excluding carboxylic acids is 1. The Hall–Kier alpha value is -1.16. The number of hydrogen-bond donors (Lipinski definition) is 0. The SMILES string of the molecule is CC(C)[C@@H]1N=CN(c2ccccc2Br)C1=O. The molecule has 84 valence electrons. The molecule has 0 radical (unpaired) electrons. The molecule has 1 atom stereocenters. The maximum atomic E-state index is 12.1. The number of nitrogens with zero attached hydrogens (tertiary/aromatic N) is 2. The number of para-hydroxylation sites is 1. The van der Waals surface area contributed by atoms with E-state index < -0.39 is 0 Å². The van der Waals surface area contributed by atoms with Crippen LogP contribution in [-0.2, 0) is 4.79 Å². The van der Waals surface area contributed by atoms with Crippen LogP contribution in [0.1, 0.15) is 13.8 Å². The quantitative estimate of drug-likeness (QED) is 0.820. The number of benzene rings is 1. The predicted octanol–water partition coefficient (Wildman–Crippen LogP) is 2.85. The first kappa shape index (κ1) is 11.3. The molecular formula is C12H13BrN2O. The molecule has 16 heavy (non-hydrogen) atoms. The number of halogens is 1. The van der Waals surface area contributed by atoms with Crippen molar-refractivity contribution in [3.63, 3.8) is 0 Å². The molecule has 1 heterocycles. The first-order chi connectivity index (χ1) is 7.61. The molecule has 1 aliphatic rings. The minimum atomic E-state index is -0.243. The Balaban J connectivity index is 2.30. The minimum absolute atomic E-state index is 0.0434. The fourth-order valence-electron chi connectivity index (χ4n) is 1.69. The lowest BCUT2D eigenvalue weighted by Gasteiger charge is -2.17. The van der Waals surface area contributed by atoms with E-state index in [0.717, 1.165) is 10.2 Å². The molecule has 1 amide bonds. The molecule has 3 nitrogen and oxygen atoms in total. The van der Waals surface area contributed by atoms with E-state index >= 15 is 0 Å². The zero-order chi connectivity index (χ0) is 11.7. The normalized spacial score (nSPS) is 19.9. The minimum Gasteiger partial charge on any atom is -0.272 e. The van der Waals surface area contributed by atoms with Gasteiger partial charge in [0.2, 0.25) is 0 Å². The van der Waals surface area contributed by atoms with Gasteiger partial charge in [-0.05, 0) is 34.0 Å². The summed E-state index contributed by atoms with van der Waals surface area (Å²) in [6, 6.07) is 7.40. The van der Waals surface area contributed by atoms with Crippen molar-refractivity contribution in [1.29, 1.82) is 0 Å². The molecule has 4 heteroatoms. The zero-order valence-electron chi connectivity index (χ0n) is 9.22. The molecule has 0 saturated heterocycles. The Morgan fingerprint density at radius 2 is 2.06 bits per heavy atom. The van der Waals surface area contributed by atoms with E-state index in [-0.39, 0.29) is 17.9 Å². The van der Waals surface area contributed by atoms with Crippen LogP contribution in [0, 0.1) is 5.92 Å². The van der Waals surface area contributed by atoms with Crippen molar-refractivity contribution in [3.8, 4) is 0 Å². The van der Waals surface area contributed by atoms with Crippen molar-refractivity contribution in [1.82, 2.24) is 0 Å². The van der Waals surface area contributed by atoms with Crippen molar-refractivity contribution in [2.75, 3.05) is 4.90 Å². The van der Waals surface area contributed by atoms with Gasteiger partial charge in [0.05, 0.1) is 12.0 Å². The lowest BCUT2D eigenvalue weighted by atomic mass is 10.0. The standard InChI is InChI=1S/C12H13BrN2O/c1-8(2)11-12(16)15(7-14-11)10-6-4-3-5-9(10)13/h3-8,11H,1-2H3/t11-/m0/s1. The van der Waals surface area contributed by atoms with Gasteiger partial charge in [0.25, 0.3) is 5.91 Å². The summed E-state index contributed by atoms with van der Waals surface area (Å²) < 4.78 is 0.902. The van der Waals surface area contributed by atoms with Gasteiger partial charge < -0.3 is 0 Å². The monoisotopic (exact) mass is 280 g/mol. The molecule has 0 aromatic heterocycles. The average Bonchev–Trinajstić information content (AvgIpc) is 2.61. The molecule has 0 N–H and O–H groups in total. The van der Waals surface area contributed by atoms with Crippen molar-refractivity contribution < 1.29 is 4.79 Å². The average molecular weight is 281 g/mol. The maximum absolute atomic E-state index is 12.1. The topological polar surface area (TPSA) is 32.7 Å². The molecular weight excluding hydrogens is 268 g/mol. The summed E-state index contributed by atoms with van der Waals surface area (Å²) in [4.78, 5) is 17.9. The summed E-state index contributed by atoms with van der Waals surface area (Å²) >= 11 is 3.44. The first-order valence-corrected chi connectivity index (χ1v) is 6.01. The fraction of sp³-hybridized carbons (Fsp3) is 0.333. The molecule has 0 aliphatic carbocycles. The van der Waals surface area contributed by atoms with Crippen LogP contribution in [0.25, 0.3) is 0 Å². The Kier molecular flexibility index (Phi) is 3.10. The van der Waals surface area contributed by atoms with Crippen LogP contribution in [-0.4, -0.2) is 18.3 Å². The fourth-order valence-corrected chi connectivity index (χ4v) is 2.16. The summed E-state index contributed by atoms with van der Waals surface area (Å²) in [6.45, 7) is 4.01. The third kappa shape index (κ3) is 1.89. The second-order valence-electron chi connectivity index (χ2n) is 4.11. The van der Waals surface area contributed by atoms with Crippen molar-refractivity contribution in [2.45, 2.75) is 19.9 Å². The summed E-state index contributed by atoms with van der Waals surface area (Å²) in [5.74, 6) is 0.276. The van der Waals surface area contributed by atoms with Crippen LogP contribution in [0.3, 0.4) is 0 Å². The zero-order valence-corrected chi connectivity index (χ0v) is 10.8. The van der Waals surface area contributed by atoms with Gasteiger partial charge in [-0.25, -0.2) is 0 Å². The highest BCUT2D eigenvalue weighted by Crippen LogP contribution is 2.28. The van der Waals surface area contributed by atoms with Gasteiger partial charge in [-0.2, -0.15) is 0 Å². The van der Waals surface area contributed by atoms with Crippen molar-refractivity contribution >= 4 is 33.9 Å². The third-order valence-electron chi connectivity index (χ3n) is 2.58. The second-order valence-corrected chi connectivity index (χ2v) is 4.97. The molecule has 1 aromatic carbocycles. The number of aliphatic imine (C=N–C) groups is 1. The van der Waals surface area contributed by atoms with E-state index in [9.17, 15) is 4.79 Å². The third-order valence-corrected chi connectivity index (χ3v) is 3.25. The van der Waals surface area contributed by atoms with Gasteiger partial charge in [-0.15, -0.1) is 0 Å². The van der Waals surface area contributed by atoms with Crippen LogP contribution in [0.5, 0.6) is 0 Å². The molecule has 0 unspecified atom stereocenters. The van der Waals surface area contributed by atoms with Gasteiger partial charge in [0.1, 0.15) is 6.04 Å². The molecule has 1 aliphatic heterocycles. The summed E-state index contributed by atoms with van der Waals surface area (Å²) in [6.07, 6.45) is 1.62. The highest BCUT2D eigenvalue weighted by Gasteiger charge is 2.32. The molecule has 0 bridgehead atoms. The number of rotatable bonds is 2. The van der Waals surface area contributed by atoms with E-state index in [4.69, 9.17) is 0 Å². The Morgan fingerprint density at radius 3 is 2.62 bits per heavy atom. The van der Waals surface area contributed by atoms with Gasteiger partial charge in [-0.3, -0.25) is 14.7 Å². The van der Waals surface area contributed by atoms with Gasteiger partial charge in [0, 0.05) is 4.47 Å². The van der Waals surface area contributed by atoms with Crippen molar-refractivity contribution in [3.05, 3.63) is 28.7 Å². The van der Waals surface area contributed by atoms with E-state index in [0.29, 0.717) is 0 Å². The van der Waals surface area contributed by atoms with Crippen LogP contribution < -0.4 is 4.90 Å². The van der Waals surface area contributed by atoms with E-state index in [1.165, 1.54) is 0 Å². The summed E-state index contributed by atoms with van der Waals surface area (Å²) in [7, 11) is 0. The number of amides is 1. The lowest BCUT2D eigenvalue weighted by Crippen LogP contribution is -2.33. The van der Waals surface area contributed by atoms with E-state index in [1.807, 2.05) is 38.1 Å². The number of carbonyl (C=O) groups is 1. The van der Waals surface area contributed by atoms with Crippen LogP contribution >= 0.6 is 15.9 Å². The summed E-state index contributed by atoms with van der Waals surface area (Å²) in [5, 5.41) is 0. The Bertz CT molecular complexity index is 442. The van der Waals surface area contributed by atoms with Crippen molar-refractivity contribution in [2.24, 2.45) is 10.9 Å². The Labute approximate surface area is 103 Å².